The van der Waals surface area contributed by atoms with Crippen molar-refractivity contribution in [3.05, 3.63) is 75.3 Å². The number of rotatable bonds is 4. The highest BCUT2D eigenvalue weighted by atomic mass is 35.5. The van der Waals surface area contributed by atoms with Crippen LogP contribution in [0.15, 0.2) is 47.7 Å². The third kappa shape index (κ3) is 3.80. The first-order valence-corrected chi connectivity index (χ1v) is 11.8. The highest BCUT2D eigenvalue weighted by molar-refractivity contribution is 6.30. The Morgan fingerprint density at radius 3 is 2.76 bits per heavy atom. The van der Waals surface area contributed by atoms with Crippen molar-refractivity contribution in [2.45, 2.75) is 43.7 Å². The zero-order chi connectivity index (χ0) is 23.4. The van der Waals surface area contributed by atoms with Gasteiger partial charge in [-0.15, -0.1) is 0 Å². The van der Waals surface area contributed by atoms with Gasteiger partial charge in [0.25, 0.3) is 5.56 Å². The summed E-state index contributed by atoms with van der Waals surface area (Å²) in [7, 11) is 1.58. The minimum absolute atomic E-state index is 0.0550. The van der Waals surface area contributed by atoms with E-state index in [-0.39, 0.29) is 23.1 Å². The molecule has 4 aromatic rings. The van der Waals surface area contributed by atoms with Crippen molar-refractivity contribution in [1.29, 1.82) is 0 Å². The molecule has 2 atom stereocenters. The number of aromatic nitrogens is 5. The molecule has 9 heteroatoms. The van der Waals surface area contributed by atoms with Crippen LogP contribution in [0.4, 0.5) is 4.39 Å². The van der Waals surface area contributed by atoms with Crippen molar-refractivity contribution in [3.8, 4) is 11.1 Å². The Balaban J connectivity index is 1.43. The van der Waals surface area contributed by atoms with Gasteiger partial charge in [-0.25, -0.2) is 14.1 Å². The first kappa shape index (κ1) is 21.4. The molecule has 0 spiro atoms. The lowest BCUT2D eigenvalue weighted by atomic mass is 9.88. The zero-order valence-corrected chi connectivity index (χ0v) is 19.4. The van der Waals surface area contributed by atoms with E-state index in [1.807, 2.05) is 16.9 Å². The zero-order valence-electron chi connectivity index (χ0n) is 18.6. The van der Waals surface area contributed by atoms with Crippen LogP contribution in [0.1, 0.15) is 55.0 Å². The highest BCUT2D eigenvalue weighted by Crippen LogP contribution is 2.41. The maximum atomic E-state index is 14.9. The third-order valence-electron chi connectivity index (χ3n) is 6.77. The van der Waals surface area contributed by atoms with E-state index >= 15 is 0 Å². The van der Waals surface area contributed by atoms with Crippen molar-refractivity contribution in [2.24, 2.45) is 7.05 Å². The number of fused-ring (bicyclic) bond motifs is 1. The van der Waals surface area contributed by atoms with Crippen LogP contribution in [0.2, 0.25) is 5.02 Å². The molecular weight excluding hydrogens is 457 g/mol. The Hall–Kier alpha value is -3.10. The second-order valence-electron chi connectivity index (χ2n) is 9.12. The maximum Gasteiger partial charge on any atom is 0.292 e. The van der Waals surface area contributed by atoms with Gasteiger partial charge in [-0.05, 0) is 55.5 Å². The lowest BCUT2D eigenvalue weighted by molar-refractivity contribution is 0.00464. The molecule has 4 heterocycles. The first-order valence-electron chi connectivity index (χ1n) is 11.5. The van der Waals surface area contributed by atoms with Crippen molar-refractivity contribution in [3.63, 3.8) is 0 Å². The molecule has 2 fully saturated rings. The number of hydrogen-bond donors (Lipinski definition) is 0. The molecule has 3 aromatic heterocycles. The quantitative estimate of drug-likeness (QED) is 0.414. The molecule has 174 valence electrons. The molecule has 1 saturated carbocycles. The van der Waals surface area contributed by atoms with Gasteiger partial charge in [0.1, 0.15) is 11.3 Å². The molecule has 0 amide bonds. The molecule has 0 N–H and O–H groups in total. The molecule has 1 saturated heterocycles. The standard InChI is InChI=1S/C25H23ClFN5O2/c1-31-25(33)24-20(12-28-31)19(18-5-2-16(26)9-21(18)27)10-22(30-24)14-6-7-34-23(8-14)15-11-29-32(13-15)17-3-4-17/h2,5,9-14,17,23H,3-4,6-8H2,1H3/t14-,23-/m1/s1. The topological polar surface area (TPSA) is 74.8 Å². The molecule has 34 heavy (non-hydrogen) atoms. The van der Waals surface area contributed by atoms with Gasteiger partial charge in [-0.2, -0.15) is 10.2 Å². The number of pyridine rings is 1. The molecule has 2 aliphatic rings. The number of aryl methyl sites for hydroxylation is 1. The van der Waals surface area contributed by atoms with Crippen molar-refractivity contribution in [1.82, 2.24) is 24.5 Å². The molecule has 1 aromatic carbocycles. The van der Waals surface area contributed by atoms with E-state index in [0.717, 1.165) is 17.7 Å². The Morgan fingerprint density at radius 1 is 1.12 bits per heavy atom. The highest BCUT2D eigenvalue weighted by Gasteiger charge is 2.30. The second kappa shape index (κ2) is 8.29. The maximum absolute atomic E-state index is 14.9. The summed E-state index contributed by atoms with van der Waals surface area (Å²) >= 11 is 5.98. The van der Waals surface area contributed by atoms with Crippen LogP contribution in [0.5, 0.6) is 0 Å². The van der Waals surface area contributed by atoms with Crippen LogP contribution in [-0.2, 0) is 11.8 Å². The SMILES string of the molecule is Cn1ncc2c(-c3ccc(Cl)cc3F)cc([C@@H]3CCO[C@@H](c4cnn(C5CC5)c4)C3)nc2c1=O. The van der Waals surface area contributed by atoms with E-state index in [1.165, 1.54) is 23.6 Å². The molecule has 0 unspecified atom stereocenters. The Bertz CT molecular complexity index is 1460. The van der Waals surface area contributed by atoms with Crippen molar-refractivity contribution >= 4 is 22.5 Å². The van der Waals surface area contributed by atoms with Gasteiger partial charge in [0.2, 0.25) is 0 Å². The van der Waals surface area contributed by atoms with Gasteiger partial charge >= 0.3 is 0 Å². The molecule has 1 aliphatic heterocycles. The monoisotopic (exact) mass is 479 g/mol. The summed E-state index contributed by atoms with van der Waals surface area (Å²) in [5.74, 6) is -0.400. The number of benzene rings is 1. The van der Waals surface area contributed by atoms with Gasteiger partial charge in [-0.1, -0.05) is 11.6 Å². The van der Waals surface area contributed by atoms with Crippen molar-refractivity contribution in [2.75, 3.05) is 6.61 Å². The average Bonchev–Trinajstić information content (AvgIpc) is 3.57. The summed E-state index contributed by atoms with van der Waals surface area (Å²) in [6.45, 7) is 0.572. The number of hydrogen-bond acceptors (Lipinski definition) is 5. The van der Waals surface area contributed by atoms with E-state index in [4.69, 9.17) is 21.3 Å². The van der Waals surface area contributed by atoms with E-state index < -0.39 is 5.82 Å². The normalized spacial score (nSPS) is 20.7. The molecule has 0 radical (unpaired) electrons. The molecule has 0 bridgehead atoms. The van der Waals surface area contributed by atoms with Gasteiger partial charge < -0.3 is 4.74 Å². The predicted molar refractivity (Wildman–Crippen MR) is 126 cm³/mol. The van der Waals surface area contributed by atoms with Gasteiger partial charge in [0.15, 0.2) is 0 Å². The minimum Gasteiger partial charge on any atom is -0.373 e. The largest absolute Gasteiger partial charge is 0.373 e. The van der Waals surface area contributed by atoms with Crippen molar-refractivity contribution < 1.29 is 9.13 Å². The summed E-state index contributed by atoms with van der Waals surface area (Å²) in [5.41, 5.74) is 2.73. The Kier molecular flexibility index (Phi) is 5.22. The van der Waals surface area contributed by atoms with Crippen LogP contribution < -0.4 is 5.56 Å². The summed E-state index contributed by atoms with van der Waals surface area (Å²) in [6.07, 6.45) is 9.25. The summed E-state index contributed by atoms with van der Waals surface area (Å²) in [4.78, 5) is 17.7. The summed E-state index contributed by atoms with van der Waals surface area (Å²) in [6, 6.07) is 6.95. The van der Waals surface area contributed by atoms with E-state index in [9.17, 15) is 9.18 Å². The van der Waals surface area contributed by atoms with Crippen LogP contribution in [0, 0.1) is 5.82 Å². The molecular formula is C25H23ClFN5O2. The lowest BCUT2D eigenvalue weighted by Gasteiger charge is -2.29. The van der Waals surface area contributed by atoms with E-state index in [2.05, 4.69) is 16.4 Å². The average molecular weight is 480 g/mol. The van der Waals surface area contributed by atoms with Gasteiger partial charge in [0, 0.05) is 53.0 Å². The Labute approximate surface area is 200 Å². The second-order valence-corrected chi connectivity index (χ2v) is 9.56. The van der Waals surface area contributed by atoms with E-state index in [1.54, 1.807) is 25.4 Å². The van der Waals surface area contributed by atoms with E-state index in [0.29, 0.717) is 40.6 Å². The fourth-order valence-corrected chi connectivity index (χ4v) is 4.87. The number of ether oxygens (including phenoxy) is 1. The summed E-state index contributed by atoms with van der Waals surface area (Å²) < 4.78 is 24.3. The molecule has 1 aliphatic carbocycles. The van der Waals surface area contributed by atoms with Gasteiger partial charge in [-0.3, -0.25) is 9.48 Å². The summed E-state index contributed by atoms with van der Waals surface area (Å²) in [5, 5.41) is 9.47. The fraction of sp³-hybridized carbons (Fsp3) is 0.360. The third-order valence-corrected chi connectivity index (χ3v) is 7.01. The Morgan fingerprint density at radius 2 is 1.97 bits per heavy atom. The minimum atomic E-state index is -0.455. The van der Waals surface area contributed by atoms with Crippen LogP contribution >= 0.6 is 11.6 Å². The fourth-order valence-electron chi connectivity index (χ4n) is 4.71. The molecule has 6 rings (SSSR count). The number of nitrogens with zero attached hydrogens (tertiary/aromatic N) is 5. The van der Waals surface area contributed by atoms with Gasteiger partial charge in [0.05, 0.1) is 24.5 Å². The predicted octanol–water partition coefficient (Wildman–Crippen LogP) is 4.95. The van der Waals surface area contributed by atoms with Crippen LogP contribution in [0.3, 0.4) is 0 Å². The number of halogens is 2. The first-order chi connectivity index (χ1) is 16.5. The van der Waals surface area contributed by atoms with Crippen LogP contribution in [-0.4, -0.2) is 31.2 Å². The smallest absolute Gasteiger partial charge is 0.292 e. The van der Waals surface area contributed by atoms with Crippen LogP contribution in [0.25, 0.3) is 22.0 Å². The lowest BCUT2D eigenvalue weighted by Crippen LogP contribution is -2.23. The molecule has 7 nitrogen and oxygen atoms in total.